The van der Waals surface area contributed by atoms with Crippen LogP contribution in [0.25, 0.3) is 77.9 Å². The van der Waals surface area contributed by atoms with Crippen LogP contribution < -0.4 is 4.90 Å². The van der Waals surface area contributed by atoms with Gasteiger partial charge in [0.1, 0.15) is 0 Å². The van der Waals surface area contributed by atoms with E-state index in [0.717, 1.165) is 31.3 Å². The number of hydrogen-bond acceptors (Lipinski definition) is 2. The van der Waals surface area contributed by atoms with Crippen LogP contribution in [-0.2, 0) is 6.42 Å². The third-order valence-corrected chi connectivity index (χ3v) is 13.1. The van der Waals surface area contributed by atoms with Gasteiger partial charge in [0.15, 0.2) is 0 Å². The van der Waals surface area contributed by atoms with Gasteiger partial charge in [-0.15, -0.1) is 6.58 Å². The molecule has 8 aromatic rings. The minimum atomic E-state index is 1.01. The van der Waals surface area contributed by atoms with Crippen molar-refractivity contribution in [1.29, 1.82) is 0 Å². The lowest BCUT2D eigenvalue weighted by atomic mass is 9.97. The van der Waals surface area contributed by atoms with Crippen molar-refractivity contribution in [3.63, 3.8) is 0 Å². The molecule has 0 aliphatic heterocycles. The molecule has 2 nitrogen and oxygen atoms in total. The minimum Gasteiger partial charge on any atom is -0.313 e. The first-order chi connectivity index (χ1) is 35.7. The largest absolute Gasteiger partial charge is 0.313 e. The second kappa shape index (κ2) is 25.5. The molecule has 0 fully saturated rings. The van der Waals surface area contributed by atoms with Crippen molar-refractivity contribution >= 4 is 51.8 Å². The van der Waals surface area contributed by atoms with Crippen molar-refractivity contribution < 1.29 is 0 Å². The second-order valence-corrected chi connectivity index (χ2v) is 18.5. The molecular formula is C70H70N2S. The molecule has 3 aliphatic carbocycles. The number of nitrogens with zero attached hydrogens (tertiary/aromatic N) is 2. The first-order valence-electron chi connectivity index (χ1n) is 25.3. The average Bonchev–Trinajstić information content (AvgIpc) is 3.94. The van der Waals surface area contributed by atoms with Gasteiger partial charge in [0.05, 0.1) is 11.2 Å². The van der Waals surface area contributed by atoms with Gasteiger partial charge in [0, 0.05) is 39.1 Å². The Labute approximate surface area is 441 Å². The molecule has 1 aromatic heterocycles. The molecule has 11 rings (SSSR count). The minimum absolute atomic E-state index is 1.01. The van der Waals surface area contributed by atoms with Gasteiger partial charge in [-0.3, -0.25) is 0 Å². The molecule has 7 aromatic carbocycles. The number of thiol groups is 1. The van der Waals surface area contributed by atoms with Crippen LogP contribution >= 0.6 is 12.6 Å². The number of fused-ring (bicyclic) bond motifs is 6. The number of hydrogen-bond donors (Lipinski definition) is 1. The summed E-state index contributed by atoms with van der Waals surface area (Å²) in [6.07, 6.45) is 26.3. The number of allylic oxidation sites excluding steroid dienone is 13. The Kier molecular flexibility index (Phi) is 18.5. The highest BCUT2D eigenvalue weighted by atomic mass is 32.1. The van der Waals surface area contributed by atoms with Gasteiger partial charge >= 0.3 is 0 Å². The lowest BCUT2D eigenvalue weighted by molar-refractivity contribution is 0.888. The standard InChI is InChI=1S/C53H40N2.C8H12.C5H8.C3H6.CH4S/c1-35-12-5-9-20-49(35)54(51-33-31-46-43-16-7-6-15-42(43)45-18-11-19-47(51)53(45)46)40-29-24-38(25-30-40)39-26-32-52-48(34-39)44-17-8-10-21-50(44)55(52)41-27-22-37(23-28-41)36-13-3-2-4-14-36;1-4-5-6-7-8(2)3;1-4-5(2)3;1-3-2;1-2/h2-8,11-19,22-34H,9-10,20-21H2,1H3;4-7H,1H2,2-3H3;4H,1-2H2,3H3;3H,1H2,2H3;2H,1H3/b;6-5-;;;. The quantitative estimate of drug-likeness (QED) is 0.0861. The van der Waals surface area contributed by atoms with E-state index in [1.165, 1.54) is 111 Å². The number of aromatic nitrogens is 1. The fraction of sp³-hybridized carbons (Fsp3) is 0.143. The van der Waals surface area contributed by atoms with Gasteiger partial charge in [-0.05, 0) is 164 Å². The van der Waals surface area contributed by atoms with Crippen LogP contribution in [0.4, 0.5) is 11.4 Å². The predicted octanol–water partition coefficient (Wildman–Crippen LogP) is 20.7. The zero-order chi connectivity index (χ0) is 51.9. The molecule has 1 heterocycles. The van der Waals surface area contributed by atoms with Gasteiger partial charge in [-0.25, -0.2) is 0 Å². The summed E-state index contributed by atoms with van der Waals surface area (Å²) in [5.41, 5.74) is 22.9. The molecule has 0 bridgehead atoms. The van der Waals surface area contributed by atoms with Gasteiger partial charge in [0.2, 0.25) is 0 Å². The lowest BCUT2D eigenvalue weighted by Gasteiger charge is -2.32. The Morgan fingerprint density at radius 3 is 1.82 bits per heavy atom. The summed E-state index contributed by atoms with van der Waals surface area (Å²) in [6, 6.07) is 56.4. The smallest absolute Gasteiger partial charge is 0.0538 e. The van der Waals surface area contributed by atoms with E-state index in [-0.39, 0.29) is 0 Å². The van der Waals surface area contributed by atoms with Crippen molar-refractivity contribution in [3.8, 4) is 50.2 Å². The molecule has 3 heteroatoms. The summed E-state index contributed by atoms with van der Waals surface area (Å²) >= 11 is 3.53. The maximum absolute atomic E-state index is 3.56. The van der Waals surface area contributed by atoms with Crippen molar-refractivity contribution in [2.75, 3.05) is 11.2 Å². The summed E-state index contributed by atoms with van der Waals surface area (Å²) in [4.78, 5) is 2.53. The van der Waals surface area contributed by atoms with Crippen LogP contribution in [0, 0.1) is 0 Å². The molecule has 0 saturated carbocycles. The zero-order valence-corrected chi connectivity index (χ0v) is 44.6. The number of benzene rings is 7. The van der Waals surface area contributed by atoms with Gasteiger partial charge < -0.3 is 9.47 Å². The third-order valence-electron chi connectivity index (χ3n) is 13.1. The van der Waals surface area contributed by atoms with Crippen molar-refractivity contribution in [1.82, 2.24) is 4.57 Å². The van der Waals surface area contributed by atoms with Gasteiger partial charge in [0.25, 0.3) is 0 Å². The highest BCUT2D eigenvalue weighted by Gasteiger charge is 2.26. The van der Waals surface area contributed by atoms with Crippen LogP contribution in [0.3, 0.4) is 0 Å². The normalized spacial score (nSPS) is 12.4. The Morgan fingerprint density at radius 1 is 0.603 bits per heavy atom. The monoisotopic (exact) mass is 971 g/mol. The topological polar surface area (TPSA) is 8.17 Å². The van der Waals surface area contributed by atoms with Crippen LogP contribution in [0.1, 0.15) is 65.1 Å². The van der Waals surface area contributed by atoms with E-state index in [1.54, 1.807) is 24.5 Å². The van der Waals surface area contributed by atoms with Crippen LogP contribution in [0.2, 0.25) is 0 Å². The summed E-state index contributed by atoms with van der Waals surface area (Å²) < 4.78 is 2.49. The number of rotatable bonds is 9. The molecule has 0 spiro atoms. The van der Waals surface area contributed by atoms with Crippen LogP contribution in [0.15, 0.2) is 255 Å². The van der Waals surface area contributed by atoms with E-state index < -0.39 is 0 Å². The van der Waals surface area contributed by atoms with Gasteiger partial charge in [-0.1, -0.05) is 201 Å². The molecule has 366 valence electrons. The van der Waals surface area contributed by atoms with E-state index in [0.29, 0.717) is 0 Å². The zero-order valence-electron chi connectivity index (χ0n) is 43.7. The third kappa shape index (κ3) is 11.9. The van der Waals surface area contributed by atoms with Crippen LogP contribution in [-0.4, -0.2) is 10.8 Å². The predicted molar refractivity (Wildman–Crippen MR) is 328 cm³/mol. The van der Waals surface area contributed by atoms with E-state index in [2.05, 4.69) is 245 Å². The van der Waals surface area contributed by atoms with Crippen molar-refractivity contribution in [2.24, 2.45) is 0 Å². The molecule has 0 radical (unpaired) electrons. The SMILES string of the molecule is C=C/C=C\C=C(C)C.C=CC.C=CC(=C)C.CC1=C(N(c2ccc(-c3ccc4c(c3)c3c(n4-c4ccc(-c5ccccc5)cc4)CCC=C3)cc2)c2ccc3c4c(cccc24)-c2ccccc2-3)CCC=C1.CS. The Balaban J connectivity index is 0.000000377. The summed E-state index contributed by atoms with van der Waals surface area (Å²) in [5.74, 6) is 0. The first-order valence-corrected chi connectivity index (χ1v) is 26.2. The van der Waals surface area contributed by atoms with E-state index in [9.17, 15) is 0 Å². The Morgan fingerprint density at radius 2 is 1.18 bits per heavy atom. The van der Waals surface area contributed by atoms with Crippen LogP contribution in [0.5, 0.6) is 0 Å². The van der Waals surface area contributed by atoms with Crippen molar-refractivity contribution in [3.05, 3.63) is 266 Å². The molecule has 0 N–H and O–H groups in total. The van der Waals surface area contributed by atoms with Gasteiger partial charge in [-0.2, -0.15) is 12.6 Å². The highest BCUT2D eigenvalue weighted by Crippen LogP contribution is 2.51. The summed E-state index contributed by atoms with van der Waals surface area (Å²) in [5, 5.41) is 3.97. The maximum atomic E-state index is 3.56. The van der Waals surface area contributed by atoms with Crippen molar-refractivity contribution in [2.45, 2.75) is 60.3 Å². The van der Waals surface area contributed by atoms with E-state index in [4.69, 9.17) is 0 Å². The maximum Gasteiger partial charge on any atom is 0.0538 e. The van der Waals surface area contributed by atoms with E-state index >= 15 is 0 Å². The fourth-order valence-electron chi connectivity index (χ4n) is 9.75. The first kappa shape index (κ1) is 53.0. The molecular weight excluding hydrogens is 901 g/mol. The molecule has 0 unspecified atom stereocenters. The average molecular weight is 971 g/mol. The molecule has 0 atom stereocenters. The Bertz CT molecular complexity index is 3370. The second-order valence-electron chi connectivity index (χ2n) is 18.5. The molecule has 0 saturated heterocycles. The summed E-state index contributed by atoms with van der Waals surface area (Å²) in [7, 11) is 0. The molecule has 0 amide bonds. The Hall–Kier alpha value is -7.85. The highest BCUT2D eigenvalue weighted by molar-refractivity contribution is 7.79. The molecule has 3 aliphatic rings. The molecule has 73 heavy (non-hydrogen) atoms. The van der Waals surface area contributed by atoms with E-state index in [1.807, 2.05) is 32.1 Å². The summed E-state index contributed by atoms with van der Waals surface area (Å²) in [6.45, 7) is 24.1. The fourth-order valence-corrected chi connectivity index (χ4v) is 9.75. The number of anilines is 2. The lowest BCUT2D eigenvalue weighted by Crippen LogP contribution is -2.19.